The normalized spacial score (nSPS) is 14.8. The fourth-order valence-electron chi connectivity index (χ4n) is 1.82. The first-order chi connectivity index (χ1) is 9.57. The molecule has 1 aromatic carbocycles. The number of hydrogen-bond acceptors (Lipinski definition) is 3. The van der Waals surface area contributed by atoms with Gasteiger partial charge >= 0.3 is 0 Å². The summed E-state index contributed by atoms with van der Waals surface area (Å²) in [6, 6.07) is 4.54. The molecule has 1 N–H and O–H groups in total. The first-order valence-corrected chi connectivity index (χ1v) is 8.92. The molecule has 21 heavy (non-hydrogen) atoms. The fraction of sp³-hybridized carbons (Fsp3) is 0.500. The molecule has 1 amide bonds. The van der Waals surface area contributed by atoms with Crippen molar-refractivity contribution in [3.05, 3.63) is 33.8 Å². The monoisotopic (exact) mass is 351 g/mol. The van der Waals surface area contributed by atoms with Crippen molar-refractivity contribution >= 4 is 38.9 Å². The second kappa shape index (κ2) is 6.99. The summed E-state index contributed by atoms with van der Waals surface area (Å²) in [7, 11) is -3.49. The van der Waals surface area contributed by atoms with E-state index in [4.69, 9.17) is 23.2 Å². The maximum atomic E-state index is 12.1. The number of benzene rings is 1. The zero-order chi connectivity index (χ0) is 16.4. The average Bonchev–Trinajstić information content (AvgIpc) is 2.37. The van der Waals surface area contributed by atoms with E-state index in [-0.39, 0.29) is 0 Å². The molecule has 1 rings (SSSR count). The van der Waals surface area contributed by atoms with Gasteiger partial charge in [0, 0.05) is 10.0 Å². The molecule has 1 aromatic rings. The van der Waals surface area contributed by atoms with Crippen molar-refractivity contribution < 1.29 is 13.2 Å². The number of nitrogens with one attached hydrogen (secondary N) is 1. The van der Waals surface area contributed by atoms with Crippen LogP contribution in [-0.2, 0) is 14.6 Å². The predicted octanol–water partition coefficient (Wildman–Crippen LogP) is 3.38. The molecule has 0 aliphatic carbocycles. The van der Waals surface area contributed by atoms with Gasteiger partial charge in [-0.05, 0) is 45.4 Å². The molecule has 0 aliphatic heterocycles. The number of carbonyl (C=O) groups excluding carboxylic acids is 1. The number of halogens is 2. The summed E-state index contributed by atoms with van der Waals surface area (Å²) in [6.45, 7) is 6.24. The molecular weight excluding hydrogens is 333 g/mol. The Morgan fingerprint density at radius 1 is 1.14 bits per heavy atom. The third-order valence-corrected chi connectivity index (χ3v) is 6.38. The van der Waals surface area contributed by atoms with E-state index >= 15 is 0 Å². The number of carbonyl (C=O) groups is 1. The van der Waals surface area contributed by atoms with Gasteiger partial charge in [-0.3, -0.25) is 4.79 Å². The van der Waals surface area contributed by atoms with E-state index in [2.05, 4.69) is 5.32 Å². The smallest absolute Gasteiger partial charge is 0.238 e. The van der Waals surface area contributed by atoms with Crippen LogP contribution in [0.15, 0.2) is 18.2 Å². The molecule has 0 bridgehead atoms. The zero-order valence-corrected chi connectivity index (χ0v) is 14.7. The predicted molar refractivity (Wildman–Crippen MR) is 86.5 cm³/mol. The van der Waals surface area contributed by atoms with E-state index in [1.807, 2.05) is 0 Å². The van der Waals surface area contributed by atoms with E-state index in [0.29, 0.717) is 15.6 Å². The van der Waals surface area contributed by atoms with Gasteiger partial charge < -0.3 is 5.32 Å². The average molecular weight is 352 g/mol. The van der Waals surface area contributed by atoms with Gasteiger partial charge in [-0.1, -0.05) is 29.3 Å². The molecule has 4 nitrogen and oxygen atoms in total. The van der Waals surface area contributed by atoms with E-state index in [9.17, 15) is 13.2 Å². The first kappa shape index (κ1) is 18.3. The van der Waals surface area contributed by atoms with E-state index in [1.54, 1.807) is 39.0 Å². The van der Waals surface area contributed by atoms with Gasteiger partial charge in [0.15, 0.2) is 9.84 Å². The molecule has 0 radical (unpaired) electrons. The van der Waals surface area contributed by atoms with Crippen molar-refractivity contribution in [2.75, 3.05) is 0 Å². The van der Waals surface area contributed by atoms with Crippen LogP contribution >= 0.6 is 23.2 Å². The van der Waals surface area contributed by atoms with Crippen molar-refractivity contribution in [3.8, 4) is 0 Å². The Hall–Kier alpha value is -0.780. The molecule has 0 aromatic heterocycles. The van der Waals surface area contributed by atoms with Crippen LogP contribution in [0, 0.1) is 0 Å². The molecule has 118 valence electrons. The number of sulfone groups is 1. The van der Waals surface area contributed by atoms with E-state index < -0.39 is 32.3 Å². The van der Waals surface area contributed by atoms with Crippen LogP contribution in [0.5, 0.6) is 0 Å². The van der Waals surface area contributed by atoms with Gasteiger partial charge in [0.1, 0.15) is 5.25 Å². The maximum absolute atomic E-state index is 12.1. The summed E-state index contributed by atoms with van der Waals surface area (Å²) in [4.78, 5) is 12.1. The van der Waals surface area contributed by atoms with Crippen LogP contribution < -0.4 is 5.32 Å². The van der Waals surface area contributed by atoms with Crippen LogP contribution in [-0.4, -0.2) is 24.8 Å². The molecular formula is C14H19Cl2NO3S. The van der Waals surface area contributed by atoms with Crippen molar-refractivity contribution in [3.63, 3.8) is 0 Å². The second-order valence-electron chi connectivity index (χ2n) is 5.18. The van der Waals surface area contributed by atoms with Gasteiger partial charge in [0.05, 0.1) is 11.3 Å². The van der Waals surface area contributed by atoms with Crippen molar-refractivity contribution in [1.82, 2.24) is 5.32 Å². The lowest BCUT2D eigenvalue weighted by Crippen LogP contribution is -2.41. The zero-order valence-electron chi connectivity index (χ0n) is 12.4. The SMILES string of the molecule is CC(NC(=O)C(C)S(=O)(=O)C(C)C)c1ccc(Cl)cc1Cl. The van der Waals surface area contributed by atoms with Crippen LogP contribution in [0.1, 0.15) is 39.3 Å². The summed E-state index contributed by atoms with van der Waals surface area (Å²) in [5.41, 5.74) is 0.684. The summed E-state index contributed by atoms with van der Waals surface area (Å²) < 4.78 is 24.0. The number of hydrogen-bond donors (Lipinski definition) is 1. The Balaban J connectivity index is 2.88. The van der Waals surface area contributed by atoms with Crippen LogP contribution in [0.2, 0.25) is 10.0 Å². The molecule has 0 heterocycles. The van der Waals surface area contributed by atoms with Gasteiger partial charge in [-0.15, -0.1) is 0 Å². The molecule has 0 saturated carbocycles. The highest BCUT2D eigenvalue weighted by Gasteiger charge is 2.31. The second-order valence-corrected chi connectivity index (χ2v) is 8.85. The maximum Gasteiger partial charge on any atom is 0.238 e. The van der Waals surface area contributed by atoms with E-state index in [1.165, 1.54) is 6.92 Å². The quantitative estimate of drug-likeness (QED) is 0.884. The Labute approximate surface area is 135 Å². The standard InChI is InChI=1S/C14H19Cl2NO3S/c1-8(2)21(19,20)10(4)14(18)17-9(3)12-6-5-11(15)7-13(12)16/h5-10H,1-4H3,(H,17,18). The van der Waals surface area contributed by atoms with Crippen molar-refractivity contribution in [2.24, 2.45) is 0 Å². The Bertz CT molecular complexity index is 629. The minimum Gasteiger partial charge on any atom is -0.348 e. The molecule has 0 saturated heterocycles. The minimum atomic E-state index is -3.49. The van der Waals surface area contributed by atoms with Gasteiger partial charge in [0.25, 0.3) is 0 Å². The topological polar surface area (TPSA) is 63.2 Å². The lowest BCUT2D eigenvalue weighted by molar-refractivity contribution is -0.121. The third kappa shape index (κ3) is 4.34. The Morgan fingerprint density at radius 3 is 2.19 bits per heavy atom. The summed E-state index contributed by atoms with van der Waals surface area (Å²) in [6.07, 6.45) is 0. The largest absolute Gasteiger partial charge is 0.348 e. The van der Waals surface area contributed by atoms with Crippen LogP contribution in [0.25, 0.3) is 0 Å². The first-order valence-electron chi connectivity index (χ1n) is 6.55. The summed E-state index contributed by atoms with van der Waals surface area (Å²) in [5.74, 6) is -0.540. The summed E-state index contributed by atoms with van der Waals surface area (Å²) in [5, 5.41) is 1.89. The molecule has 0 fully saturated rings. The number of amides is 1. The third-order valence-electron chi connectivity index (χ3n) is 3.31. The van der Waals surface area contributed by atoms with Crippen molar-refractivity contribution in [2.45, 2.75) is 44.2 Å². The highest BCUT2D eigenvalue weighted by atomic mass is 35.5. The van der Waals surface area contributed by atoms with Crippen molar-refractivity contribution in [1.29, 1.82) is 0 Å². The number of rotatable bonds is 5. The molecule has 2 unspecified atom stereocenters. The molecule has 2 atom stereocenters. The highest BCUT2D eigenvalue weighted by molar-refractivity contribution is 7.93. The molecule has 0 aliphatic rings. The molecule has 0 spiro atoms. The summed E-state index contributed by atoms with van der Waals surface area (Å²) >= 11 is 11.9. The van der Waals surface area contributed by atoms with Gasteiger partial charge in [-0.25, -0.2) is 8.42 Å². The van der Waals surface area contributed by atoms with Crippen LogP contribution in [0.4, 0.5) is 0 Å². The van der Waals surface area contributed by atoms with Crippen LogP contribution in [0.3, 0.4) is 0 Å². The lowest BCUT2D eigenvalue weighted by atomic mass is 10.1. The minimum absolute atomic E-state index is 0.410. The van der Waals surface area contributed by atoms with E-state index in [0.717, 1.165) is 0 Å². The van der Waals surface area contributed by atoms with Gasteiger partial charge in [-0.2, -0.15) is 0 Å². The Kier molecular flexibility index (Phi) is 6.08. The lowest BCUT2D eigenvalue weighted by Gasteiger charge is -2.20. The Morgan fingerprint density at radius 2 is 1.71 bits per heavy atom. The highest BCUT2D eigenvalue weighted by Crippen LogP contribution is 2.26. The molecule has 7 heteroatoms. The fourth-order valence-corrected chi connectivity index (χ4v) is 3.57. The van der Waals surface area contributed by atoms with Gasteiger partial charge in [0.2, 0.25) is 5.91 Å².